The molecule has 29 heavy (non-hydrogen) atoms. The van der Waals surface area contributed by atoms with Gasteiger partial charge in [-0.3, -0.25) is 4.79 Å². The van der Waals surface area contributed by atoms with E-state index in [1.807, 2.05) is 43.3 Å². The first-order valence-electron chi connectivity index (χ1n) is 9.74. The number of allylic oxidation sites excluding steroid dienone is 4. The van der Waals surface area contributed by atoms with E-state index in [9.17, 15) is 10.1 Å². The van der Waals surface area contributed by atoms with Crippen molar-refractivity contribution in [3.8, 4) is 17.6 Å². The molecular formula is C24H20N2O3. The van der Waals surface area contributed by atoms with E-state index in [4.69, 9.17) is 9.47 Å². The Hall–Kier alpha value is -3.52. The fourth-order valence-electron chi connectivity index (χ4n) is 4.57. The monoisotopic (exact) mass is 384 g/mol. The molecule has 0 saturated carbocycles. The number of carbonyl (C=O) groups is 1. The second-order valence-corrected chi connectivity index (χ2v) is 7.65. The SMILES string of the molecule is CC1=C(C#N)[C@@H](c2ccc3c(c2)OCO3)C2=C(C[C@H](c3ccccc3)CC2=O)N1. The first kappa shape index (κ1) is 17.6. The van der Waals surface area contributed by atoms with Gasteiger partial charge in [-0.15, -0.1) is 0 Å². The number of fused-ring (bicyclic) bond motifs is 1. The minimum Gasteiger partial charge on any atom is -0.454 e. The molecule has 1 aliphatic carbocycles. The Labute approximate surface area is 169 Å². The van der Waals surface area contributed by atoms with Gasteiger partial charge in [0.2, 0.25) is 6.79 Å². The van der Waals surface area contributed by atoms with Crippen LogP contribution < -0.4 is 14.8 Å². The highest BCUT2D eigenvalue weighted by Gasteiger charge is 2.39. The zero-order valence-electron chi connectivity index (χ0n) is 16.1. The van der Waals surface area contributed by atoms with Gasteiger partial charge in [-0.2, -0.15) is 5.26 Å². The van der Waals surface area contributed by atoms with Crippen LogP contribution >= 0.6 is 0 Å². The lowest BCUT2D eigenvalue weighted by Crippen LogP contribution is -2.33. The number of rotatable bonds is 2. The van der Waals surface area contributed by atoms with Crippen molar-refractivity contribution in [2.45, 2.75) is 31.6 Å². The van der Waals surface area contributed by atoms with Crippen LogP contribution in [0.1, 0.15) is 42.7 Å². The zero-order valence-corrected chi connectivity index (χ0v) is 16.1. The van der Waals surface area contributed by atoms with Gasteiger partial charge in [0, 0.05) is 23.4 Å². The topological polar surface area (TPSA) is 71.3 Å². The maximum absolute atomic E-state index is 13.3. The Bertz CT molecular complexity index is 1110. The van der Waals surface area contributed by atoms with Crippen LogP contribution in [0.25, 0.3) is 0 Å². The van der Waals surface area contributed by atoms with Gasteiger partial charge in [-0.25, -0.2) is 0 Å². The molecule has 0 saturated heterocycles. The summed E-state index contributed by atoms with van der Waals surface area (Å²) in [6, 6.07) is 18.1. The summed E-state index contributed by atoms with van der Waals surface area (Å²) < 4.78 is 10.9. The number of hydrogen-bond acceptors (Lipinski definition) is 5. The smallest absolute Gasteiger partial charge is 0.231 e. The van der Waals surface area contributed by atoms with Crippen molar-refractivity contribution in [2.24, 2.45) is 0 Å². The molecule has 2 atom stereocenters. The zero-order chi connectivity index (χ0) is 20.0. The Morgan fingerprint density at radius 3 is 2.62 bits per heavy atom. The number of carbonyl (C=O) groups excluding carboxylic acids is 1. The van der Waals surface area contributed by atoms with Gasteiger partial charge < -0.3 is 14.8 Å². The molecule has 5 nitrogen and oxygen atoms in total. The third-order valence-corrected chi connectivity index (χ3v) is 5.95. The molecular weight excluding hydrogens is 364 g/mol. The Balaban J connectivity index is 1.59. The number of nitrogens with zero attached hydrogens (tertiary/aromatic N) is 1. The summed E-state index contributed by atoms with van der Waals surface area (Å²) in [5, 5.41) is 13.2. The van der Waals surface area contributed by atoms with E-state index in [0.29, 0.717) is 29.1 Å². The second kappa shape index (κ2) is 6.82. The number of ether oxygens (including phenoxy) is 2. The van der Waals surface area contributed by atoms with Crippen LogP contribution in [0.15, 0.2) is 71.1 Å². The largest absolute Gasteiger partial charge is 0.454 e. The number of nitriles is 1. The highest BCUT2D eigenvalue weighted by molar-refractivity contribution is 6.00. The number of hydrogen-bond donors (Lipinski definition) is 1. The van der Waals surface area contributed by atoms with Crippen LogP contribution in [-0.2, 0) is 4.79 Å². The minimum absolute atomic E-state index is 0.0931. The standard InChI is InChI=1S/C24H20N2O3/c1-14-18(12-25)23(16-7-8-21-22(11-16)29-13-28-21)24-19(26-14)9-17(10-20(24)27)15-5-3-2-4-6-15/h2-8,11,17,23,26H,9-10,13H2,1H3/t17-,23+/m0/s1. The van der Waals surface area contributed by atoms with Crippen molar-refractivity contribution in [2.75, 3.05) is 6.79 Å². The molecule has 0 radical (unpaired) electrons. The third-order valence-electron chi connectivity index (χ3n) is 5.95. The fraction of sp³-hybridized carbons (Fsp3) is 0.250. The van der Waals surface area contributed by atoms with Gasteiger partial charge in [-0.05, 0) is 42.5 Å². The average molecular weight is 384 g/mol. The van der Waals surface area contributed by atoms with E-state index < -0.39 is 0 Å². The molecule has 1 N–H and O–H groups in total. The average Bonchev–Trinajstić information content (AvgIpc) is 3.21. The molecule has 2 aromatic rings. The molecule has 2 heterocycles. The normalized spacial score (nSPS) is 22.8. The maximum Gasteiger partial charge on any atom is 0.231 e. The van der Waals surface area contributed by atoms with Crippen molar-refractivity contribution in [1.29, 1.82) is 5.26 Å². The van der Waals surface area contributed by atoms with Crippen LogP contribution in [0.3, 0.4) is 0 Å². The van der Waals surface area contributed by atoms with Crippen LogP contribution in [0.5, 0.6) is 11.5 Å². The number of dihydropyridines is 1. The molecule has 0 fully saturated rings. The molecule has 5 heteroatoms. The number of ketones is 1. The Morgan fingerprint density at radius 1 is 1.03 bits per heavy atom. The van der Waals surface area contributed by atoms with Gasteiger partial charge in [0.25, 0.3) is 0 Å². The van der Waals surface area contributed by atoms with E-state index in [1.54, 1.807) is 0 Å². The quantitative estimate of drug-likeness (QED) is 0.836. The summed E-state index contributed by atoms with van der Waals surface area (Å²) in [5.41, 5.74) is 5.06. The van der Waals surface area contributed by atoms with Gasteiger partial charge in [0.1, 0.15) is 0 Å². The fourth-order valence-corrected chi connectivity index (χ4v) is 4.57. The number of benzene rings is 2. The van der Waals surface area contributed by atoms with Gasteiger partial charge >= 0.3 is 0 Å². The molecule has 3 aliphatic rings. The summed E-state index contributed by atoms with van der Waals surface area (Å²) >= 11 is 0. The van der Waals surface area contributed by atoms with Crippen LogP contribution in [0.2, 0.25) is 0 Å². The predicted octanol–water partition coefficient (Wildman–Crippen LogP) is 4.30. The highest BCUT2D eigenvalue weighted by Crippen LogP contribution is 2.46. The van der Waals surface area contributed by atoms with Gasteiger partial charge in [-0.1, -0.05) is 36.4 Å². The van der Waals surface area contributed by atoms with Gasteiger partial charge in [0.05, 0.1) is 17.6 Å². The van der Waals surface area contributed by atoms with E-state index in [2.05, 4.69) is 23.5 Å². The van der Waals surface area contributed by atoms with E-state index in [1.165, 1.54) is 5.56 Å². The van der Waals surface area contributed by atoms with Crippen LogP contribution in [0, 0.1) is 11.3 Å². The lowest BCUT2D eigenvalue weighted by Gasteiger charge is -2.35. The van der Waals surface area contributed by atoms with Crippen molar-refractivity contribution in [3.63, 3.8) is 0 Å². The van der Waals surface area contributed by atoms with E-state index in [0.717, 1.165) is 23.4 Å². The molecule has 0 amide bonds. The Morgan fingerprint density at radius 2 is 1.83 bits per heavy atom. The molecule has 2 aromatic carbocycles. The minimum atomic E-state index is -0.380. The molecule has 0 aromatic heterocycles. The highest BCUT2D eigenvalue weighted by atomic mass is 16.7. The number of nitrogens with one attached hydrogen (secondary N) is 1. The summed E-state index contributed by atoms with van der Waals surface area (Å²) in [5.74, 6) is 1.20. The summed E-state index contributed by atoms with van der Waals surface area (Å²) in [7, 11) is 0. The first-order valence-corrected chi connectivity index (χ1v) is 9.74. The molecule has 0 bridgehead atoms. The third kappa shape index (κ3) is 2.89. The summed E-state index contributed by atoms with van der Waals surface area (Å²) in [6.45, 7) is 2.09. The molecule has 0 unspecified atom stereocenters. The Kier molecular flexibility index (Phi) is 4.13. The number of Topliss-reactive ketones (excluding diaryl/α,β-unsaturated/α-hetero) is 1. The lowest BCUT2D eigenvalue weighted by atomic mass is 9.72. The molecule has 2 aliphatic heterocycles. The maximum atomic E-state index is 13.3. The summed E-state index contributed by atoms with van der Waals surface area (Å²) in [4.78, 5) is 13.3. The molecule has 0 spiro atoms. The van der Waals surface area contributed by atoms with E-state index in [-0.39, 0.29) is 24.4 Å². The molecule has 5 rings (SSSR count). The van der Waals surface area contributed by atoms with Crippen LogP contribution in [0.4, 0.5) is 0 Å². The van der Waals surface area contributed by atoms with Crippen molar-refractivity contribution in [1.82, 2.24) is 5.32 Å². The predicted molar refractivity (Wildman–Crippen MR) is 107 cm³/mol. The van der Waals surface area contributed by atoms with Crippen LogP contribution in [-0.4, -0.2) is 12.6 Å². The van der Waals surface area contributed by atoms with Crippen molar-refractivity contribution < 1.29 is 14.3 Å². The first-order chi connectivity index (χ1) is 14.2. The van der Waals surface area contributed by atoms with Crippen molar-refractivity contribution >= 4 is 5.78 Å². The summed E-state index contributed by atoms with van der Waals surface area (Å²) in [6.07, 6.45) is 1.20. The van der Waals surface area contributed by atoms with E-state index >= 15 is 0 Å². The van der Waals surface area contributed by atoms with Crippen molar-refractivity contribution in [3.05, 3.63) is 82.2 Å². The second-order valence-electron chi connectivity index (χ2n) is 7.65. The van der Waals surface area contributed by atoms with Gasteiger partial charge in [0.15, 0.2) is 17.3 Å². The lowest BCUT2D eigenvalue weighted by molar-refractivity contribution is -0.116. The molecule has 144 valence electrons.